The van der Waals surface area contributed by atoms with Crippen LogP contribution in [0.5, 0.6) is 11.5 Å². The molecule has 33 heavy (non-hydrogen) atoms. The van der Waals surface area contributed by atoms with Crippen molar-refractivity contribution in [3.05, 3.63) is 103 Å². The number of halogens is 3. The Balaban J connectivity index is 1.83. The Morgan fingerprint density at radius 3 is 2.24 bits per heavy atom. The first-order valence-electron chi connectivity index (χ1n) is 9.90. The molecule has 3 aromatic carbocycles. The summed E-state index contributed by atoms with van der Waals surface area (Å²) in [6.45, 7) is 6.29. The van der Waals surface area contributed by atoms with Crippen molar-refractivity contribution < 1.29 is 14.5 Å². The first kappa shape index (κ1) is 24.8. The van der Waals surface area contributed by atoms with Crippen LogP contribution in [0.1, 0.15) is 42.3 Å². The van der Waals surface area contributed by atoms with Gasteiger partial charge in [-0.2, -0.15) is 0 Å². The van der Waals surface area contributed by atoms with Gasteiger partial charge in [-0.3, -0.25) is 14.9 Å². The number of nitro groups is 1. The maximum atomic E-state index is 12.5. The average molecular weight is 505 g/mol. The molecule has 3 aromatic rings. The minimum atomic E-state index is -0.534. The molecule has 0 N–H and O–H groups in total. The summed E-state index contributed by atoms with van der Waals surface area (Å²) in [6.07, 6.45) is 2.71. The summed E-state index contributed by atoms with van der Waals surface area (Å²) in [5.74, 6) is 0.166. The molecule has 0 unspecified atom stereocenters. The summed E-state index contributed by atoms with van der Waals surface area (Å²) in [5, 5.41) is 12.0. The highest BCUT2D eigenvalue weighted by Gasteiger charge is 2.18. The van der Waals surface area contributed by atoms with Crippen molar-refractivity contribution in [2.45, 2.75) is 26.2 Å². The van der Waals surface area contributed by atoms with E-state index < -0.39 is 10.7 Å². The normalized spacial score (nSPS) is 11.6. The van der Waals surface area contributed by atoms with Gasteiger partial charge in [-0.15, -0.1) is 0 Å². The van der Waals surface area contributed by atoms with Gasteiger partial charge in [0.25, 0.3) is 0 Å². The lowest BCUT2D eigenvalue weighted by atomic mass is 9.87. The van der Waals surface area contributed by atoms with Crippen molar-refractivity contribution in [3.63, 3.8) is 0 Å². The molecule has 0 fully saturated rings. The van der Waals surface area contributed by atoms with Gasteiger partial charge in [-0.05, 0) is 52.9 Å². The van der Waals surface area contributed by atoms with Crippen LogP contribution in [0.3, 0.4) is 0 Å². The smallest absolute Gasteiger partial charge is 0.312 e. The molecule has 8 heteroatoms. The first-order valence-corrected chi connectivity index (χ1v) is 11.0. The third kappa shape index (κ3) is 5.93. The molecule has 3 rings (SSSR count). The molecule has 0 aromatic heterocycles. The number of hydrogen-bond donors (Lipinski definition) is 0. The van der Waals surface area contributed by atoms with Gasteiger partial charge in [-0.1, -0.05) is 79.8 Å². The zero-order valence-corrected chi connectivity index (χ0v) is 20.3. The molecule has 0 aliphatic carbocycles. The van der Waals surface area contributed by atoms with Crippen molar-refractivity contribution in [1.82, 2.24) is 0 Å². The standard InChI is InChI=1S/C25H20Cl3NO4/c1-25(2,3)16-6-8-17(9-7-16)33-22-13-5-15(14-20(22)29(31)32)4-12-21(30)18-10-11-19(26)24(28)23(18)27/h4-14H,1-3H3/b12-4+. The minimum Gasteiger partial charge on any atom is -0.450 e. The Bertz CT molecular complexity index is 1250. The number of carbonyl (C=O) groups excluding carboxylic acids is 1. The predicted molar refractivity (Wildman–Crippen MR) is 133 cm³/mol. The second-order valence-corrected chi connectivity index (χ2v) is 9.44. The highest BCUT2D eigenvalue weighted by Crippen LogP contribution is 2.35. The number of hydrogen-bond acceptors (Lipinski definition) is 4. The Hall–Kier alpha value is -2.86. The summed E-state index contributed by atoms with van der Waals surface area (Å²) in [6, 6.07) is 14.8. The number of nitrogens with zero attached hydrogens (tertiary/aromatic N) is 1. The molecule has 0 saturated carbocycles. The summed E-state index contributed by atoms with van der Waals surface area (Å²) in [7, 11) is 0. The second-order valence-electron chi connectivity index (χ2n) is 8.28. The fraction of sp³-hybridized carbons (Fsp3) is 0.160. The third-order valence-corrected chi connectivity index (χ3v) is 6.15. The highest BCUT2D eigenvalue weighted by molar-refractivity contribution is 6.49. The van der Waals surface area contributed by atoms with Crippen molar-refractivity contribution in [3.8, 4) is 11.5 Å². The second kappa shape index (κ2) is 9.96. The Labute approximate surface area is 206 Å². The molecule has 0 aliphatic heterocycles. The highest BCUT2D eigenvalue weighted by atomic mass is 35.5. The van der Waals surface area contributed by atoms with Crippen LogP contribution in [0.25, 0.3) is 6.08 Å². The SMILES string of the molecule is CC(C)(C)c1ccc(Oc2ccc(/C=C/C(=O)c3ccc(Cl)c(Cl)c3Cl)cc2[N+](=O)[O-])cc1. The number of carbonyl (C=O) groups is 1. The van der Waals surface area contributed by atoms with E-state index in [1.165, 1.54) is 36.4 Å². The molecule has 0 heterocycles. The molecule has 0 radical (unpaired) electrons. The van der Waals surface area contributed by atoms with Gasteiger partial charge in [-0.25, -0.2) is 0 Å². The molecular formula is C25H20Cl3NO4. The first-order chi connectivity index (χ1) is 15.5. The molecular weight excluding hydrogens is 485 g/mol. The topological polar surface area (TPSA) is 69.4 Å². The van der Waals surface area contributed by atoms with Crippen LogP contribution in [-0.4, -0.2) is 10.7 Å². The molecule has 0 spiro atoms. The van der Waals surface area contributed by atoms with E-state index in [-0.39, 0.29) is 37.5 Å². The number of nitro benzene ring substituents is 1. The summed E-state index contributed by atoms with van der Waals surface area (Å²) in [4.78, 5) is 23.6. The number of rotatable bonds is 6. The summed E-state index contributed by atoms with van der Waals surface area (Å²) >= 11 is 18.0. The van der Waals surface area contributed by atoms with Crippen molar-refractivity contribution >= 4 is 52.3 Å². The summed E-state index contributed by atoms with van der Waals surface area (Å²) < 4.78 is 5.75. The average Bonchev–Trinajstić information content (AvgIpc) is 2.76. The minimum absolute atomic E-state index is 0.0164. The lowest BCUT2D eigenvalue weighted by molar-refractivity contribution is -0.385. The number of allylic oxidation sites excluding steroid dienone is 1. The van der Waals surface area contributed by atoms with Crippen LogP contribution in [-0.2, 0) is 5.41 Å². The van der Waals surface area contributed by atoms with Crippen LogP contribution < -0.4 is 4.74 Å². The Morgan fingerprint density at radius 1 is 0.970 bits per heavy atom. The molecule has 0 bridgehead atoms. The van der Waals surface area contributed by atoms with Crippen LogP contribution in [0.2, 0.25) is 15.1 Å². The maximum Gasteiger partial charge on any atom is 0.312 e. The predicted octanol–water partition coefficient (Wildman–Crippen LogP) is 8.54. The fourth-order valence-corrected chi connectivity index (χ4v) is 3.62. The molecule has 0 atom stereocenters. The monoisotopic (exact) mass is 503 g/mol. The Morgan fingerprint density at radius 2 is 1.64 bits per heavy atom. The van der Waals surface area contributed by atoms with E-state index in [1.54, 1.807) is 18.2 Å². The van der Waals surface area contributed by atoms with Crippen molar-refractivity contribution in [2.24, 2.45) is 0 Å². The number of ether oxygens (including phenoxy) is 1. The van der Waals surface area contributed by atoms with E-state index in [2.05, 4.69) is 20.8 Å². The van der Waals surface area contributed by atoms with Gasteiger partial charge < -0.3 is 4.74 Å². The van der Waals surface area contributed by atoms with Gasteiger partial charge in [0.15, 0.2) is 5.78 Å². The zero-order valence-electron chi connectivity index (χ0n) is 18.1. The van der Waals surface area contributed by atoms with Crippen molar-refractivity contribution in [2.75, 3.05) is 0 Å². The number of benzene rings is 3. The van der Waals surface area contributed by atoms with Crippen LogP contribution in [0, 0.1) is 10.1 Å². The van der Waals surface area contributed by atoms with E-state index in [9.17, 15) is 14.9 Å². The lowest BCUT2D eigenvalue weighted by Gasteiger charge is -2.19. The lowest BCUT2D eigenvalue weighted by Crippen LogP contribution is -2.10. The van der Waals surface area contributed by atoms with Gasteiger partial charge in [0.2, 0.25) is 5.75 Å². The molecule has 170 valence electrons. The van der Waals surface area contributed by atoms with Gasteiger partial charge in [0.1, 0.15) is 5.75 Å². The van der Waals surface area contributed by atoms with E-state index >= 15 is 0 Å². The van der Waals surface area contributed by atoms with Crippen LogP contribution >= 0.6 is 34.8 Å². The largest absolute Gasteiger partial charge is 0.450 e. The number of ketones is 1. The van der Waals surface area contributed by atoms with E-state index in [0.29, 0.717) is 11.3 Å². The maximum absolute atomic E-state index is 12.5. The van der Waals surface area contributed by atoms with Gasteiger partial charge in [0.05, 0.1) is 20.0 Å². The fourth-order valence-electron chi connectivity index (χ4n) is 2.99. The van der Waals surface area contributed by atoms with Gasteiger partial charge in [0, 0.05) is 11.6 Å². The van der Waals surface area contributed by atoms with Crippen molar-refractivity contribution in [1.29, 1.82) is 0 Å². The third-order valence-electron chi connectivity index (χ3n) is 4.86. The van der Waals surface area contributed by atoms with Crippen LogP contribution in [0.15, 0.2) is 60.7 Å². The quantitative estimate of drug-likeness (QED) is 0.111. The van der Waals surface area contributed by atoms with E-state index in [1.807, 2.05) is 12.1 Å². The van der Waals surface area contributed by atoms with E-state index in [4.69, 9.17) is 39.5 Å². The van der Waals surface area contributed by atoms with E-state index in [0.717, 1.165) is 5.56 Å². The Kier molecular flexibility index (Phi) is 7.48. The summed E-state index contributed by atoms with van der Waals surface area (Å²) in [5.41, 5.74) is 1.50. The zero-order chi connectivity index (χ0) is 24.3. The molecule has 5 nitrogen and oxygen atoms in total. The van der Waals surface area contributed by atoms with Gasteiger partial charge >= 0.3 is 5.69 Å². The molecule has 0 saturated heterocycles. The van der Waals surface area contributed by atoms with Crippen LogP contribution in [0.4, 0.5) is 5.69 Å². The molecule has 0 aliphatic rings. The molecule has 0 amide bonds.